The molecule has 0 fully saturated rings. The zero-order chi connectivity index (χ0) is 17.7. The summed E-state index contributed by atoms with van der Waals surface area (Å²) in [6.07, 6.45) is -3.37. The number of alkyl halides is 3. The molecule has 2 rings (SSSR count). The van der Waals surface area contributed by atoms with Crippen LogP contribution in [0.4, 0.5) is 13.2 Å². The van der Waals surface area contributed by atoms with E-state index >= 15 is 0 Å². The van der Waals surface area contributed by atoms with Crippen LogP contribution in [0.2, 0.25) is 0 Å². The number of amides is 1. The first-order valence-electron chi connectivity index (χ1n) is 6.69. The van der Waals surface area contributed by atoms with Gasteiger partial charge in [-0.3, -0.25) is 4.79 Å². The molecule has 0 aliphatic heterocycles. The SMILES string of the molecule is COc1ccc(/C=N/NC(=O)c2cccc(C(F)(F)F)c2)c(O)c1. The number of hydrogen-bond acceptors (Lipinski definition) is 4. The summed E-state index contributed by atoms with van der Waals surface area (Å²) in [5.41, 5.74) is 1.30. The van der Waals surface area contributed by atoms with Gasteiger partial charge in [0.15, 0.2) is 0 Å². The monoisotopic (exact) mass is 338 g/mol. The minimum absolute atomic E-state index is 0.119. The highest BCUT2D eigenvalue weighted by atomic mass is 19.4. The minimum Gasteiger partial charge on any atom is -0.507 e. The van der Waals surface area contributed by atoms with Crippen molar-refractivity contribution in [3.8, 4) is 11.5 Å². The van der Waals surface area contributed by atoms with Gasteiger partial charge in [-0.2, -0.15) is 18.3 Å². The van der Waals surface area contributed by atoms with Crippen molar-refractivity contribution in [2.75, 3.05) is 7.11 Å². The van der Waals surface area contributed by atoms with Gasteiger partial charge in [-0.25, -0.2) is 5.43 Å². The van der Waals surface area contributed by atoms with Gasteiger partial charge < -0.3 is 9.84 Å². The van der Waals surface area contributed by atoms with Crippen LogP contribution < -0.4 is 10.2 Å². The van der Waals surface area contributed by atoms with Gasteiger partial charge in [-0.05, 0) is 30.3 Å². The summed E-state index contributed by atoms with van der Waals surface area (Å²) in [4.78, 5) is 11.8. The first kappa shape index (κ1) is 17.3. The molecule has 0 aliphatic rings. The molecule has 2 aromatic carbocycles. The Hall–Kier alpha value is -3.03. The summed E-state index contributed by atoms with van der Waals surface area (Å²) in [5, 5.41) is 13.3. The van der Waals surface area contributed by atoms with E-state index in [0.717, 1.165) is 18.2 Å². The average molecular weight is 338 g/mol. The zero-order valence-corrected chi connectivity index (χ0v) is 12.5. The van der Waals surface area contributed by atoms with Gasteiger partial charge in [0.2, 0.25) is 0 Å². The third-order valence-corrected chi connectivity index (χ3v) is 3.06. The Morgan fingerprint density at radius 2 is 2.00 bits per heavy atom. The summed E-state index contributed by atoms with van der Waals surface area (Å²) >= 11 is 0. The molecule has 24 heavy (non-hydrogen) atoms. The molecule has 1 amide bonds. The highest BCUT2D eigenvalue weighted by Gasteiger charge is 2.30. The second kappa shape index (κ2) is 7.03. The van der Waals surface area contributed by atoms with E-state index in [1.54, 1.807) is 6.07 Å². The van der Waals surface area contributed by atoms with E-state index in [0.29, 0.717) is 11.3 Å². The largest absolute Gasteiger partial charge is 0.507 e. The van der Waals surface area contributed by atoms with Crippen LogP contribution in [-0.4, -0.2) is 24.3 Å². The Bertz CT molecular complexity index is 773. The fraction of sp³-hybridized carbons (Fsp3) is 0.125. The number of ether oxygens (including phenoxy) is 1. The molecular formula is C16H13F3N2O3. The molecule has 0 saturated heterocycles. The first-order valence-corrected chi connectivity index (χ1v) is 6.69. The van der Waals surface area contributed by atoms with Crippen LogP contribution in [0, 0.1) is 0 Å². The number of nitrogens with one attached hydrogen (secondary N) is 1. The maximum Gasteiger partial charge on any atom is 0.416 e. The number of phenolic OH excluding ortho intramolecular Hbond substituents is 1. The molecule has 0 atom stereocenters. The van der Waals surface area contributed by atoms with Gasteiger partial charge in [0.1, 0.15) is 11.5 Å². The maximum atomic E-state index is 12.6. The molecule has 2 N–H and O–H groups in total. The summed E-state index contributed by atoms with van der Waals surface area (Å²) in [6.45, 7) is 0. The Morgan fingerprint density at radius 1 is 1.25 bits per heavy atom. The molecule has 0 aliphatic carbocycles. The average Bonchev–Trinajstić information content (AvgIpc) is 2.55. The summed E-state index contributed by atoms with van der Waals surface area (Å²) in [7, 11) is 1.44. The molecule has 0 radical (unpaired) electrons. The van der Waals surface area contributed by atoms with Crippen LogP contribution in [0.5, 0.6) is 11.5 Å². The van der Waals surface area contributed by atoms with Gasteiger partial charge in [0, 0.05) is 17.2 Å². The summed E-state index contributed by atoms with van der Waals surface area (Å²) in [5.74, 6) is -0.477. The molecule has 0 bridgehead atoms. The lowest BCUT2D eigenvalue weighted by Crippen LogP contribution is -2.18. The van der Waals surface area contributed by atoms with Crippen molar-refractivity contribution >= 4 is 12.1 Å². The van der Waals surface area contributed by atoms with Crippen LogP contribution in [-0.2, 0) is 6.18 Å². The lowest BCUT2D eigenvalue weighted by atomic mass is 10.1. The highest BCUT2D eigenvalue weighted by Crippen LogP contribution is 2.29. The van der Waals surface area contributed by atoms with Crippen molar-refractivity contribution in [3.63, 3.8) is 0 Å². The second-order valence-electron chi connectivity index (χ2n) is 4.70. The number of nitrogens with zero attached hydrogens (tertiary/aromatic N) is 1. The molecule has 8 heteroatoms. The minimum atomic E-state index is -4.53. The van der Waals surface area contributed by atoms with Crippen molar-refractivity contribution in [1.29, 1.82) is 0 Å². The third kappa shape index (κ3) is 4.25. The molecule has 0 spiro atoms. The number of phenols is 1. The number of hydrazone groups is 1. The van der Waals surface area contributed by atoms with E-state index in [2.05, 4.69) is 10.5 Å². The Balaban J connectivity index is 2.08. The number of benzene rings is 2. The van der Waals surface area contributed by atoms with Crippen molar-refractivity contribution in [3.05, 3.63) is 59.2 Å². The molecular weight excluding hydrogens is 325 g/mol. The van der Waals surface area contributed by atoms with E-state index in [1.165, 1.54) is 31.5 Å². The number of carbonyl (C=O) groups is 1. The van der Waals surface area contributed by atoms with Crippen LogP contribution >= 0.6 is 0 Å². The van der Waals surface area contributed by atoms with Crippen molar-refractivity contribution in [1.82, 2.24) is 5.43 Å². The quantitative estimate of drug-likeness (QED) is 0.664. The standard InChI is InChI=1S/C16H13F3N2O3/c1-24-13-6-5-11(14(22)8-13)9-20-21-15(23)10-3-2-4-12(7-10)16(17,18)19/h2-9,22H,1H3,(H,21,23)/b20-9+. The van der Waals surface area contributed by atoms with Crippen molar-refractivity contribution in [2.45, 2.75) is 6.18 Å². The van der Waals surface area contributed by atoms with E-state index in [-0.39, 0.29) is 11.3 Å². The topological polar surface area (TPSA) is 70.9 Å². The maximum absolute atomic E-state index is 12.6. The fourth-order valence-electron chi connectivity index (χ4n) is 1.82. The van der Waals surface area contributed by atoms with E-state index < -0.39 is 17.6 Å². The third-order valence-electron chi connectivity index (χ3n) is 3.06. The summed E-state index contributed by atoms with van der Waals surface area (Å²) in [6, 6.07) is 8.42. The van der Waals surface area contributed by atoms with E-state index in [4.69, 9.17) is 4.74 Å². The summed E-state index contributed by atoms with van der Waals surface area (Å²) < 4.78 is 42.8. The lowest BCUT2D eigenvalue weighted by molar-refractivity contribution is -0.137. The Morgan fingerprint density at radius 3 is 2.62 bits per heavy atom. The molecule has 126 valence electrons. The van der Waals surface area contributed by atoms with E-state index in [9.17, 15) is 23.1 Å². The Kier molecular flexibility index (Phi) is 5.08. The van der Waals surface area contributed by atoms with Gasteiger partial charge in [-0.1, -0.05) is 6.07 Å². The fourth-order valence-corrected chi connectivity index (χ4v) is 1.82. The lowest BCUT2D eigenvalue weighted by Gasteiger charge is -2.07. The van der Waals surface area contributed by atoms with Crippen LogP contribution in [0.25, 0.3) is 0 Å². The second-order valence-corrected chi connectivity index (χ2v) is 4.70. The Labute approximate surface area is 135 Å². The number of halogens is 3. The van der Waals surface area contributed by atoms with Gasteiger partial charge in [-0.15, -0.1) is 0 Å². The van der Waals surface area contributed by atoms with E-state index in [1.807, 2.05) is 0 Å². The molecule has 2 aromatic rings. The van der Waals surface area contributed by atoms with Gasteiger partial charge in [0.05, 0.1) is 18.9 Å². The van der Waals surface area contributed by atoms with Gasteiger partial charge >= 0.3 is 6.18 Å². The molecule has 0 unspecified atom stereocenters. The van der Waals surface area contributed by atoms with Crippen LogP contribution in [0.15, 0.2) is 47.6 Å². The molecule has 0 aromatic heterocycles. The predicted molar refractivity (Wildman–Crippen MR) is 81.2 cm³/mol. The highest BCUT2D eigenvalue weighted by molar-refractivity contribution is 5.95. The smallest absolute Gasteiger partial charge is 0.416 e. The van der Waals surface area contributed by atoms with Crippen molar-refractivity contribution < 1.29 is 27.8 Å². The molecule has 0 saturated carbocycles. The first-order chi connectivity index (χ1) is 11.3. The number of methoxy groups -OCH3 is 1. The normalized spacial score (nSPS) is 11.5. The zero-order valence-electron chi connectivity index (χ0n) is 12.5. The van der Waals surface area contributed by atoms with Gasteiger partial charge in [0.25, 0.3) is 5.91 Å². The number of carbonyl (C=O) groups excluding carboxylic acids is 1. The van der Waals surface area contributed by atoms with Crippen molar-refractivity contribution in [2.24, 2.45) is 5.10 Å². The van der Waals surface area contributed by atoms with Crippen LogP contribution in [0.3, 0.4) is 0 Å². The number of rotatable bonds is 4. The number of aromatic hydroxyl groups is 1. The van der Waals surface area contributed by atoms with Crippen LogP contribution in [0.1, 0.15) is 21.5 Å². The molecule has 5 nitrogen and oxygen atoms in total. The number of hydrogen-bond donors (Lipinski definition) is 2. The molecule has 0 heterocycles. The predicted octanol–water partition coefficient (Wildman–Crippen LogP) is 3.18.